The van der Waals surface area contributed by atoms with Crippen LogP contribution in [0.15, 0.2) is 36.4 Å². The van der Waals surface area contributed by atoms with Gasteiger partial charge in [-0.2, -0.15) is 0 Å². The lowest BCUT2D eigenvalue weighted by atomic mass is 10.2. The molecule has 2 aromatic rings. The van der Waals surface area contributed by atoms with Gasteiger partial charge in [0.25, 0.3) is 0 Å². The average Bonchev–Trinajstić information content (AvgIpc) is 2.48. The summed E-state index contributed by atoms with van der Waals surface area (Å²) in [7, 11) is 1.41. The highest BCUT2D eigenvalue weighted by molar-refractivity contribution is 6.17. The lowest BCUT2D eigenvalue weighted by molar-refractivity contribution is -0.385. The molecular weight excluding hydrogens is 301 g/mol. The summed E-state index contributed by atoms with van der Waals surface area (Å²) in [5, 5.41) is 11.0. The van der Waals surface area contributed by atoms with Crippen LogP contribution in [0.1, 0.15) is 5.56 Å². The van der Waals surface area contributed by atoms with Crippen LogP contribution in [-0.4, -0.2) is 12.0 Å². The zero-order valence-corrected chi connectivity index (χ0v) is 11.8. The van der Waals surface area contributed by atoms with Crippen molar-refractivity contribution >= 4 is 17.3 Å². The summed E-state index contributed by atoms with van der Waals surface area (Å²) in [6.07, 6.45) is 0. The molecule has 21 heavy (non-hydrogen) atoms. The second-order valence-corrected chi connectivity index (χ2v) is 4.32. The molecule has 0 amide bonds. The van der Waals surface area contributed by atoms with E-state index in [0.29, 0.717) is 11.3 Å². The molecule has 0 unspecified atom stereocenters. The number of nitro groups is 1. The van der Waals surface area contributed by atoms with Crippen LogP contribution in [-0.2, 0) is 5.88 Å². The smallest absolute Gasteiger partial charge is 0.311 e. The largest absolute Gasteiger partial charge is 0.497 e. The molecule has 0 heterocycles. The zero-order chi connectivity index (χ0) is 15.4. The Labute approximate surface area is 125 Å². The molecule has 0 aliphatic heterocycles. The topological polar surface area (TPSA) is 61.6 Å². The highest BCUT2D eigenvalue weighted by atomic mass is 35.5. The predicted molar refractivity (Wildman–Crippen MR) is 75.7 cm³/mol. The first kappa shape index (κ1) is 15.1. The number of ether oxygens (including phenoxy) is 2. The summed E-state index contributed by atoms with van der Waals surface area (Å²) in [5.74, 6) is -0.519. The van der Waals surface area contributed by atoms with Gasteiger partial charge in [-0.05, 0) is 12.1 Å². The van der Waals surface area contributed by atoms with E-state index in [0.717, 1.165) is 0 Å². The monoisotopic (exact) mass is 311 g/mol. The molecule has 0 aromatic heterocycles. The SMILES string of the molecule is COc1ccc([N+](=O)[O-])c(Oc2c(F)cccc2CCl)c1. The lowest BCUT2D eigenvalue weighted by Crippen LogP contribution is -1.98. The Morgan fingerprint density at radius 2 is 2.10 bits per heavy atom. The summed E-state index contributed by atoms with van der Waals surface area (Å²) in [4.78, 5) is 10.4. The molecule has 2 aromatic carbocycles. The molecule has 0 aliphatic rings. The van der Waals surface area contributed by atoms with Crippen LogP contribution in [0, 0.1) is 15.9 Å². The van der Waals surface area contributed by atoms with Gasteiger partial charge in [-0.25, -0.2) is 4.39 Å². The Morgan fingerprint density at radius 3 is 2.71 bits per heavy atom. The van der Waals surface area contributed by atoms with Crippen molar-refractivity contribution < 1.29 is 18.8 Å². The molecule has 0 spiro atoms. The normalized spacial score (nSPS) is 10.2. The Morgan fingerprint density at radius 1 is 1.33 bits per heavy atom. The maximum absolute atomic E-state index is 13.9. The highest BCUT2D eigenvalue weighted by Crippen LogP contribution is 2.37. The number of halogens is 2. The van der Waals surface area contributed by atoms with Crippen molar-refractivity contribution in [3.63, 3.8) is 0 Å². The summed E-state index contributed by atoms with van der Waals surface area (Å²) in [6, 6.07) is 8.24. The first-order valence-electron chi connectivity index (χ1n) is 5.90. The summed E-state index contributed by atoms with van der Waals surface area (Å²) in [5.41, 5.74) is 0.105. The second kappa shape index (κ2) is 6.41. The third kappa shape index (κ3) is 3.22. The fourth-order valence-electron chi connectivity index (χ4n) is 1.74. The number of rotatable bonds is 5. The Balaban J connectivity index is 2.50. The molecule has 110 valence electrons. The number of nitro benzene ring substituents is 1. The minimum Gasteiger partial charge on any atom is -0.497 e. The van der Waals surface area contributed by atoms with Crippen molar-refractivity contribution in [3.05, 3.63) is 57.9 Å². The number of hydrogen-bond acceptors (Lipinski definition) is 4. The third-order valence-corrected chi connectivity index (χ3v) is 3.06. The summed E-state index contributed by atoms with van der Waals surface area (Å²) in [6.45, 7) is 0. The third-order valence-electron chi connectivity index (χ3n) is 2.77. The van der Waals surface area contributed by atoms with Gasteiger partial charge in [-0.3, -0.25) is 10.1 Å². The van der Waals surface area contributed by atoms with E-state index in [2.05, 4.69) is 0 Å². The number of alkyl halides is 1. The lowest BCUT2D eigenvalue weighted by Gasteiger charge is -2.11. The molecule has 0 bridgehead atoms. The van der Waals surface area contributed by atoms with Gasteiger partial charge >= 0.3 is 5.69 Å². The quantitative estimate of drug-likeness (QED) is 0.470. The zero-order valence-electron chi connectivity index (χ0n) is 11.0. The van der Waals surface area contributed by atoms with Gasteiger partial charge in [0.1, 0.15) is 5.75 Å². The van der Waals surface area contributed by atoms with Gasteiger partial charge in [-0.1, -0.05) is 12.1 Å². The average molecular weight is 312 g/mol. The first-order valence-corrected chi connectivity index (χ1v) is 6.44. The molecule has 0 aliphatic carbocycles. The van der Waals surface area contributed by atoms with Crippen molar-refractivity contribution in [2.24, 2.45) is 0 Å². The molecular formula is C14H11ClFNO4. The molecule has 5 nitrogen and oxygen atoms in total. The van der Waals surface area contributed by atoms with Gasteiger partial charge in [0.05, 0.1) is 17.9 Å². The minimum absolute atomic E-state index is 0.0187. The standard InChI is InChI=1S/C14H11ClFNO4/c1-20-10-5-6-12(17(18)19)13(7-10)21-14-9(8-15)3-2-4-11(14)16/h2-7H,8H2,1H3. The molecule has 7 heteroatoms. The number of nitrogens with zero attached hydrogens (tertiary/aromatic N) is 1. The number of benzene rings is 2. The van der Waals surface area contributed by atoms with Gasteiger partial charge in [0.15, 0.2) is 11.6 Å². The van der Waals surface area contributed by atoms with E-state index in [1.165, 1.54) is 37.4 Å². The van der Waals surface area contributed by atoms with Crippen LogP contribution in [0.5, 0.6) is 17.2 Å². The molecule has 0 radical (unpaired) electrons. The Kier molecular flexibility index (Phi) is 4.59. The van der Waals surface area contributed by atoms with E-state index in [9.17, 15) is 14.5 Å². The van der Waals surface area contributed by atoms with E-state index in [1.54, 1.807) is 6.07 Å². The van der Waals surface area contributed by atoms with Crippen molar-refractivity contribution in [1.82, 2.24) is 0 Å². The fraction of sp³-hybridized carbons (Fsp3) is 0.143. The van der Waals surface area contributed by atoms with Crippen molar-refractivity contribution in [2.75, 3.05) is 7.11 Å². The van der Waals surface area contributed by atoms with Crippen LogP contribution >= 0.6 is 11.6 Å². The van der Waals surface area contributed by atoms with E-state index in [1.807, 2.05) is 0 Å². The maximum Gasteiger partial charge on any atom is 0.311 e. The molecule has 0 N–H and O–H groups in total. The van der Waals surface area contributed by atoms with Crippen LogP contribution in [0.2, 0.25) is 0 Å². The van der Waals surface area contributed by atoms with Gasteiger partial charge in [0, 0.05) is 17.7 Å². The highest BCUT2D eigenvalue weighted by Gasteiger charge is 2.19. The fourth-order valence-corrected chi connectivity index (χ4v) is 1.95. The number of methoxy groups -OCH3 is 1. The predicted octanol–water partition coefficient (Wildman–Crippen LogP) is 4.27. The summed E-state index contributed by atoms with van der Waals surface area (Å²) >= 11 is 5.73. The molecule has 0 fully saturated rings. The Hall–Kier alpha value is -2.34. The van der Waals surface area contributed by atoms with E-state index in [4.69, 9.17) is 21.1 Å². The first-order chi connectivity index (χ1) is 10.1. The minimum atomic E-state index is -0.648. The number of para-hydroxylation sites is 1. The molecule has 0 saturated carbocycles. The van der Waals surface area contributed by atoms with Crippen molar-refractivity contribution in [3.8, 4) is 17.2 Å². The number of hydrogen-bond donors (Lipinski definition) is 0. The second-order valence-electron chi connectivity index (χ2n) is 4.05. The van der Waals surface area contributed by atoms with E-state index in [-0.39, 0.29) is 23.1 Å². The maximum atomic E-state index is 13.9. The van der Waals surface area contributed by atoms with Gasteiger partial charge < -0.3 is 9.47 Å². The van der Waals surface area contributed by atoms with E-state index < -0.39 is 10.7 Å². The molecule has 0 atom stereocenters. The van der Waals surface area contributed by atoms with Crippen molar-refractivity contribution in [1.29, 1.82) is 0 Å². The molecule has 2 rings (SSSR count). The van der Waals surface area contributed by atoms with Crippen LogP contribution in [0.3, 0.4) is 0 Å². The molecule has 0 saturated heterocycles. The van der Waals surface area contributed by atoms with E-state index >= 15 is 0 Å². The van der Waals surface area contributed by atoms with Crippen LogP contribution < -0.4 is 9.47 Å². The van der Waals surface area contributed by atoms with Crippen molar-refractivity contribution in [2.45, 2.75) is 5.88 Å². The summed E-state index contributed by atoms with van der Waals surface area (Å²) < 4.78 is 24.2. The van der Waals surface area contributed by atoms with Crippen LogP contribution in [0.25, 0.3) is 0 Å². The van der Waals surface area contributed by atoms with Gasteiger partial charge in [0.2, 0.25) is 5.75 Å². The Bertz CT molecular complexity index is 678. The van der Waals surface area contributed by atoms with Crippen LogP contribution in [0.4, 0.5) is 10.1 Å². The van der Waals surface area contributed by atoms with Gasteiger partial charge in [-0.15, -0.1) is 11.6 Å².